The Balaban J connectivity index is 1.85. The lowest BCUT2D eigenvalue weighted by Gasteiger charge is -2.19. The Hall–Kier alpha value is -2.40. The maximum atomic E-state index is 13.4. The van der Waals surface area contributed by atoms with Crippen LogP contribution >= 0.6 is 0 Å². The third kappa shape index (κ3) is 2.60. The van der Waals surface area contributed by atoms with Gasteiger partial charge in [-0.25, -0.2) is 4.39 Å². The second-order valence-corrected chi connectivity index (χ2v) is 5.14. The number of fused-ring (bicyclic) bond motifs is 1. The number of hydrogen-bond donors (Lipinski definition) is 3. The van der Waals surface area contributed by atoms with Gasteiger partial charge in [-0.3, -0.25) is 10.1 Å². The largest absolute Gasteiger partial charge is 0.508 e. The summed E-state index contributed by atoms with van der Waals surface area (Å²) in [5.74, 6) is -0.409. The molecule has 2 aromatic carbocycles. The first-order valence-electron chi connectivity index (χ1n) is 6.70. The zero-order chi connectivity index (χ0) is 15.0. The van der Waals surface area contributed by atoms with Gasteiger partial charge in [0, 0.05) is 17.3 Å². The minimum absolute atomic E-state index is 0.165. The van der Waals surface area contributed by atoms with Crippen molar-refractivity contribution < 1.29 is 14.3 Å². The Kier molecular flexibility index (Phi) is 3.35. The molecule has 21 heavy (non-hydrogen) atoms. The Morgan fingerprint density at radius 2 is 2.10 bits per heavy atom. The van der Waals surface area contributed by atoms with Gasteiger partial charge in [-0.05, 0) is 42.8 Å². The maximum Gasteiger partial charge on any atom is 0.246 e. The molecule has 0 aliphatic carbocycles. The van der Waals surface area contributed by atoms with E-state index in [4.69, 9.17) is 0 Å². The molecule has 5 heteroatoms. The SMILES string of the molecule is CC(NC1C(=O)Nc2ccc(F)cc21)c1cccc(O)c1. The van der Waals surface area contributed by atoms with Gasteiger partial charge in [0.15, 0.2) is 0 Å². The second-order valence-electron chi connectivity index (χ2n) is 5.14. The minimum atomic E-state index is -0.604. The van der Waals surface area contributed by atoms with Gasteiger partial charge in [-0.15, -0.1) is 0 Å². The van der Waals surface area contributed by atoms with Crippen molar-refractivity contribution in [1.82, 2.24) is 5.32 Å². The zero-order valence-electron chi connectivity index (χ0n) is 11.4. The Bertz CT molecular complexity index is 702. The lowest BCUT2D eigenvalue weighted by molar-refractivity contribution is -0.117. The first-order chi connectivity index (χ1) is 10.0. The number of halogens is 1. The van der Waals surface area contributed by atoms with Crippen LogP contribution in [0.3, 0.4) is 0 Å². The van der Waals surface area contributed by atoms with Crippen LogP contribution in [0.2, 0.25) is 0 Å². The molecule has 1 aliphatic heterocycles. The smallest absolute Gasteiger partial charge is 0.246 e. The Morgan fingerprint density at radius 3 is 2.86 bits per heavy atom. The van der Waals surface area contributed by atoms with E-state index in [1.165, 1.54) is 12.1 Å². The molecular weight excluding hydrogens is 271 g/mol. The monoisotopic (exact) mass is 286 g/mol. The predicted octanol–water partition coefficient (Wildman–Crippen LogP) is 2.88. The van der Waals surface area contributed by atoms with Gasteiger partial charge in [0.25, 0.3) is 0 Å². The van der Waals surface area contributed by atoms with E-state index in [9.17, 15) is 14.3 Å². The minimum Gasteiger partial charge on any atom is -0.508 e. The van der Waals surface area contributed by atoms with Crippen LogP contribution in [0, 0.1) is 5.82 Å². The van der Waals surface area contributed by atoms with Crippen LogP contribution in [0.25, 0.3) is 0 Å². The number of carbonyl (C=O) groups is 1. The van der Waals surface area contributed by atoms with Crippen molar-refractivity contribution in [2.45, 2.75) is 19.0 Å². The molecule has 4 nitrogen and oxygen atoms in total. The third-order valence-corrected chi connectivity index (χ3v) is 3.63. The highest BCUT2D eigenvalue weighted by atomic mass is 19.1. The molecule has 108 valence electrons. The van der Waals surface area contributed by atoms with Crippen molar-refractivity contribution in [2.75, 3.05) is 5.32 Å². The molecule has 1 aliphatic rings. The molecule has 0 fully saturated rings. The standard InChI is InChI=1S/C16H15FN2O2/c1-9(10-3-2-4-12(20)7-10)18-15-13-8-11(17)5-6-14(13)19-16(15)21/h2-9,15,18,20H,1H3,(H,19,21). The molecule has 2 aromatic rings. The van der Waals surface area contributed by atoms with Crippen molar-refractivity contribution in [2.24, 2.45) is 0 Å². The van der Waals surface area contributed by atoms with Gasteiger partial charge in [-0.2, -0.15) is 0 Å². The number of hydrogen-bond acceptors (Lipinski definition) is 3. The van der Waals surface area contributed by atoms with Crippen LogP contribution in [0.1, 0.15) is 30.1 Å². The number of rotatable bonds is 3. The highest BCUT2D eigenvalue weighted by Gasteiger charge is 2.31. The lowest BCUT2D eigenvalue weighted by atomic mass is 10.0. The molecule has 0 bridgehead atoms. The summed E-state index contributed by atoms with van der Waals surface area (Å²) in [4.78, 5) is 12.0. The number of anilines is 1. The molecule has 0 aromatic heterocycles. The lowest BCUT2D eigenvalue weighted by Crippen LogP contribution is -2.29. The molecule has 1 amide bonds. The van der Waals surface area contributed by atoms with E-state index >= 15 is 0 Å². The molecule has 3 N–H and O–H groups in total. The summed E-state index contributed by atoms with van der Waals surface area (Å²) in [6.07, 6.45) is 0. The van der Waals surface area contributed by atoms with E-state index in [2.05, 4.69) is 10.6 Å². The molecule has 0 radical (unpaired) electrons. The van der Waals surface area contributed by atoms with E-state index < -0.39 is 6.04 Å². The van der Waals surface area contributed by atoms with E-state index in [0.717, 1.165) is 5.56 Å². The molecule has 0 spiro atoms. The predicted molar refractivity (Wildman–Crippen MR) is 77.4 cm³/mol. The number of carbonyl (C=O) groups excluding carboxylic acids is 1. The number of benzene rings is 2. The number of nitrogens with one attached hydrogen (secondary N) is 2. The van der Waals surface area contributed by atoms with Crippen molar-refractivity contribution in [3.05, 3.63) is 59.4 Å². The van der Waals surface area contributed by atoms with Gasteiger partial charge in [-0.1, -0.05) is 12.1 Å². The van der Waals surface area contributed by atoms with Gasteiger partial charge < -0.3 is 10.4 Å². The van der Waals surface area contributed by atoms with Crippen molar-refractivity contribution in [1.29, 1.82) is 0 Å². The number of aromatic hydroxyl groups is 1. The van der Waals surface area contributed by atoms with Crippen LogP contribution in [-0.2, 0) is 4.79 Å². The first-order valence-corrected chi connectivity index (χ1v) is 6.70. The van der Waals surface area contributed by atoms with E-state index in [1.54, 1.807) is 24.3 Å². The summed E-state index contributed by atoms with van der Waals surface area (Å²) < 4.78 is 13.4. The van der Waals surface area contributed by atoms with Gasteiger partial charge in [0.2, 0.25) is 5.91 Å². The normalized spacial score (nSPS) is 18.2. The molecular formula is C16H15FN2O2. The van der Waals surface area contributed by atoms with Crippen LogP contribution in [-0.4, -0.2) is 11.0 Å². The molecule has 3 rings (SSSR count). The van der Waals surface area contributed by atoms with Crippen LogP contribution in [0.5, 0.6) is 5.75 Å². The van der Waals surface area contributed by atoms with Gasteiger partial charge >= 0.3 is 0 Å². The molecule has 2 atom stereocenters. The van der Waals surface area contributed by atoms with Crippen LogP contribution < -0.4 is 10.6 Å². The number of amides is 1. The molecule has 0 saturated heterocycles. The summed E-state index contributed by atoms with van der Waals surface area (Å²) in [5.41, 5.74) is 2.08. The fourth-order valence-corrected chi connectivity index (χ4v) is 2.54. The summed E-state index contributed by atoms with van der Waals surface area (Å²) in [7, 11) is 0. The summed E-state index contributed by atoms with van der Waals surface area (Å²) in [6, 6.07) is 10.3. The fourth-order valence-electron chi connectivity index (χ4n) is 2.54. The van der Waals surface area contributed by atoms with E-state index in [1.807, 2.05) is 13.0 Å². The number of phenols is 1. The summed E-state index contributed by atoms with van der Waals surface area (Å²) >= 11 is 0. The molecule has 2 unspecified atom stereocenters. The summed E-state index contributed by atoms with van der Waals surface area (Å²) in [5, 5.41) is 15.4. The highest BCUT2D eigenvalue weighted by molar-refractivity contribution is 6.02. The molecule has 0 saturated carbocycles. The Morgan fingerprint density at radius 1 is 1.29 bits per heavy atom. The van der Waals surface area contributed by atoms with E-state index in [-0.39, 0.29) is 23.5 Å². The fraction of sp³-hybridized carbons (Fsp3) is 0.188. The van der Waals surface area contributed by atoms with Crippen molar-refractivity contribution >= 4 is 11.6 Å². The average molecular weight is 286 g/mol. The molecule has 1 heterocycles. The van der Waals surface area contributed by atoms with Crippen molar-refractivity contribution in [3.8, 4) is 5.75 Å². The van der Waals surface area contributed by atoms with Crippen LogP contribution in [0.4, 0.5) is 10.1 Å². The average Bonchev–Trinajstić information content (AvgIpc) is 2.75. The summed E-state index contributed by atoms with van der Waals surface area (Å²) in [6.45, 7) is 1.89. The van der Waals surface area contributed by atoms with Crippen molar-refractivity contribution in [3.63, 3.8) is 0 Å². The second kappa shape index (κ2) is 5.18. The van der Waals surface area contributed by atoms with Crippen LogP contribution in [0.15, 0.2) is 42.5 Å². The van der Waals surface area contributed by atoms with Gasteiger partial charge in [0.05, 0.1) is 0 Å². The van der Waals surface area contributed by atoms with Gasteiger partial charge in [0.1, 0.15) is 17.6 Å². The Labute approximate surface area is 121 Å². The zero-order valence-corrected chi connectivity index (χ0v) is 11.4. The number of phenolic OH excluding ortho intramolecular Hbond substituents is 1. The van der Waals surface area contributed by atoms with E-state index in [0.29, 0.717) is 11.3 Å². The third-order valence-electron chi connectivity index (χ3n) is 3.63. The highest BCUT2D eigenvalue weighted by Crippen LogP contribution is 2.33. The topological polar surface area (TPSA) is 61.4 Å². The quantitative estimate of drug-likeness (QED) is 0.813. The maximum absolute atomic E-state index is 13.4. The first kappa shape index (κ1) is 13.6.